The van der Waals surface area contributed by atoms with Crippen molar-refractivity contribution in [1.82, 2.24) is 15.5 Å². The Balaban J connectivity index is 0.00000576. The molecule has 0 saturated carbocycles. The molecule has 2 N–H and O–H groups in total. The molecule has 0 aliphatic heterocycles. The zero-order chi connectivity index (χ0) is 17.9. The molecule has 1 heterocycles. The predicted molar refractivity (Wildman–Crippen MR) is 118 cm³/mol. The van der Waals surface area contributed by atoms with Crippen LogP contribution in [0.25, 0.3) is 0 Å². The first-order valence-corrected chi connectivity index (χ1v) is 9.33. The largest absolute Gasteiger partial charge is 0.466 e. The molecule has 0 aliphatic carbocycles. The van der Waals surface area contributed by atoms with E-state index in [9.17, 15) is 0 Å². The summed E-state index contributed by atoms with van der Waals surface area (Å²) in [5.41, 5.74) is 1.15. The summed E-state index contributed by atoms with van der Waals surface area (Å²) in [6, 6.07) is 2.47. The van der Waals surface area contributed by atoms with Gasteiger partial charge >= 0.3 is 0 Å². The van der Waals surface area contributed by atoms with Crippen LogP contribution in [0.15, 0.2) is 15.5 Å². The Hall–Kier alpha value is -0.760. The first-order valence-electron chi connectivity index (χ1n) is 9.33. The van der Waals surface area contributed by atoms with E-state index in [1.165, 1.54) is 13.0 Å². The molecule has 0 aromatic carbocycles. The van der Waals surface area contributed by atoms with Crippen molar-refractivity contribution in [2.24, 2.45) is 4.99 Å². The van der Waals surface area contributed by atoms with E-state index in [0.29, 0.717) is 12.6 Å². The molecule has 25 heavy (non-hydrogen) atoms. The van der Waals surface area contributed by atoms with Crippen LogP contribution in [0.2, 0.25) is 0 Å². The molecule has 0 spiro atoms. The molecule has 5 nitrogen and oxygen atoms in total. The molecule has 0 fully saturated rings. The molecule has 0 bridgehead atoms. The Kier molecular flexibility index (Phi) is 13.0. The van der Waals surface area contributed by atoms with Gasteiger partial charge < -0.3 is 20.0 Å². The van der Waals surface area contributed by atoms with E-state index in [-0.39, 0.29) is 24.0 Å². The standard InChI is InChI=1S/C19H36N4O.HI/c1-7-20-19(21-14-18-13-16(5)24-17(18)6)22-15(4)11-10-12-23(8-2)9-3;/h13,15H,7-12,14H2,1-6H3,(H2,20,21,22);1H. The first kappa shape index (κ1) is 24.2. The van der Waals surface area contributed by atoms with E-state index in [0.717, 1.165) is 49.1 Å². The number of hydrogen-bond acceptors (Lipinski definition) is 3. The van der Waals surface area contributed by atoms with Gasteiger partial charge in [-0.3, -0.25) is 0 Å². The third-order valence-corrected chi connectivity index (χ3v) is 4.28. The number of nitrogens with one attached hydrogen (secondary N) is 2. The average Bonchev–Trinajstić information content (AvgIpc) is 2.87. The van der Waals surface area contributed by atoms with Crippen molar-refractivity contribution >= 4 is 29.9 Å². The molecule has 0 radical (unpaired) electrons. The van der Waals surface area contributed by atoms with Crippen LogP contribution in [0, 0.1) is 13.8 Å². The second-order valence-corrected chi connectivity index (χ2v) is 6.35. The highest BCUT2D eigenvalue weighted by atomic mass is 127. The van der Waals surface area contributed by atoms with Crippen LogP contribution in [-0.2, 0) is 6.54 Å². The van der Waals surface area contributed by atoms with Crippen LogP contribution >= 0.6 is 24.0 Å². The van der Waals surface area contributed by atoms with Crippen molar-refractivity contribution in [3.8, 4) is 0 Å². The number of halogens is 1. The zero-order valence-electron chi connectivity index (χ0n) is 16.8. The Morgan fingerprint density at radius 3 is 2.44 bits per heavy atom. The summed E-state index contributed by atoms with van der Waals surface area (Å²) in [5.74, 6) is 2.78. The Bertz CT molecular complexity index is 498. The molecule has 0 amide bonds. The van der Waals surface area contributed by atoms with Gasteiger partial charge in [-0.15, -0.1) is 24.0 Å². The van der Waals surface area contributed by atoms with Crippen LogP contribution in [0.1, 0.15) is 57.6 Å². The minimum atomic E-state index is 0. The smallest absolute Gasteiger partial charge is 0.191 e. The maximum Gasteiger partial charge on any atom is 0.191 e. The summed E-state index contributed by atoms with van der Waals surface area (Å²) < 4.78 is 5.57. The molecule has 1 aromatic heterocycles. The highest BCUT2D eigenvalue weighted by Gasteiger charge is 2.08. The Morgan fingerprint density at radius 2 is 1.92 bits per heavy atom. The molecular weight excluding hydrogens is 427 g/mol. The fourth-order valence-corrected chi connectivity index (χ4v) is 2.79. The van der Waals surface area contributed by atoms with Gasteiger partial charge in [0.15, 0.2) is 5.96 Å². The third-order valence-electron chi connectivity index (χ3n) is 4.28. The lowest BCUT2D eigenvalue weighted by atomic mass is 10.2. The van der Waals surface area contributed by atoms with Gasteiger partial charge in [-0.1, -0.05) is 13.8 Å². The van der Waals surface area contributed by atoms with Crippen LogP contribution < -0.4 is 10.6 Å². The zero-order valence-corrected chi connectivity index (χ0v) is 19.1. The molecule has 0 saturated heterocycles. The lowest BCUT2D eigenvalue weighted by Crippen LogP contribution is -2.42. The molecular formula is C19H37IN4O. The van der Waals surface area contributed by atoms with Crippen molar-refractivity contribution in [2.45, 2.75) is 67.0 Å². The highest BCUT2D eigenvalue weighted by Crippen LogP contribution is 2.14. The monoisotopic (exact) mass is 464 g/mol. The van der Waals surface area contributed by atoms with Gasteiger partial charge in [0.25, 0.3) is 0 Å². The van der Waals surface area contributed by atoms with Crippen molar-refractivity contribution in [2.75, 3.05) is 26.2 Å². The number of rotatable bonds is 10. The summed E-state index contributed by atoms with van der Waals surface area (Å²) in [7, 11) is 0. The summed E-state index contributed by atoms with van der Waals surface area (Å²) in [6.07, 6.45) is 2.35. The van der Waals surface area contributed by atoms with Crippen molar-refractivity contribution in [3.05, 3.63) is 23.2 Å². The summed E-state index contributed by atoms with van der Waals surface area (Å²) in [5, 5.41) is 6.84. The number of hydrogen-bond donors (Lipinski definition) is 2. The van der Waals surface area contributed by atoms with Gasteiger partial charge in [-0.05, 0) is 66.2 Å². The first-order chi connectivity index (χ1) is 11.5. The highest BCUT2D eigenvalue weighted by molar-refractivity contribution is 14.0. The van der Waals surface area contributed by atoms with Gasteiger partial charge in [-0.2, -0.15) is 0 Å². The number of aryl methyl sites for hydroxylation is 2. The third kappa shape index (κ3) is 9.49. The summed E-state index contributed by atoms with van der Waals surface area (Å²) >= 11 is 0. The van der Waals surface area contributed by atoms with Crippen LogP contribution in [-0.4, -0.2) is 43.1 Å². The van der Waals surface area contributed by atoms with Crippen molar-refractivity contribution in [1.29, 1.82) is 0 Å². The van der Waals surface area contributed by atoms with Gasteiger partial charge in [0.2, 0.25) is 0 Å². The molecule has 6 heteroatoms. The SMILES string of the molecule is CCNC(=NCc1cc(C)oc1C)NC(C)CCCN(CC)CC.I. The van der Waals surface area contributed by atoms with E-state index in [4.69, 9.17) is 9.41 Å². The van der Waals surface area contributed by atoms with E-state index in [2.05, 4.69) is 49.3 Å². The van der Waals surface area contributed by atoms with Crippen LogP contribution in [0.4, 0.5) is 0 Å². The summed E-state index contributed by atoms with van der Waals surface area (Å²) in [6.45, 7) is 17.7. The maximum absolute atomic E-state index is 5.57. The molecule has 1 aromatic rings. The minimum absolute atomic E-state index is 0. The van der Waals surface area contributed by atoms with Crippen LogP contribution in [0.5, 0.6) is 0 Å². The molecule has 1 unspecified atom stereocenters. The van der Waals surface area contributed by atoms with Gasteiger partial charge in [0, 0.05) is 18.2 Å². The number of furan rings is 1. The Morgan fingerprint density at radius 1 is 1.24 bits per heavy atom. The normalized spacial score (nSPS) is 12.8. The van der Waals surface area contributed by atoms with E-state index < -0.39 is 0 Å². The van der Waals surface area contributed by atoms with E-state index >= 15 is 0 Å². The second-order valence-electron chi connectivity index (χ2n) is 6.35. The van der Waals surface area contributed by atoms with Crippen molar-refractivity contribution < 1.29 is 4.42 Å². The molecule has 1 atom stereocenters. The molecule has 0 aliphatic rings. The number of aliphatic imine (C=N–C) groups is 1. The molecule has 146 valence electrons. The predicted octanol–water partition coefficient (Wildman–Crippen LogP) is 4.08. The van der Waals surface area contributed by atoms with E-state index in [1.54, 1.807) is 0 Å². The lowest BCUT2D eigenvalue weighted by molar-refractivity contribution is 0.292. The van der Waals surface area contributed by atoms with E-state index in [1.807, 2.05) is 13.8 Å². The maximum atomic E-state index is 5.57. The fourth-order valence-electron chi connectivity index (χ4n) is 2.79. The average molecular weight is 464 g/mol. The van der Waals surface area contributed by atoms with Crippen LogP contribution in [0.3, 0.4) is 0 Å². The van der Waals surface area contributed by atoms with Gasteiger partial charge in [-0.25, -0.2) is 4.99 Å². The second kappa shape index (κ2) is 13.4. The van der Waals surface area contributed by atoms with Crippen molar-refractivity contribution in [3.63, 3.8) is 0 Å². The quantitative estimate of drug-likeness (QED) is 0.311. The topological polar surface area (TPSA) is 52.8 Å². The fraction of sp³-hybridized carbons (Fsp3) is 0.737. The summed E-state index contributed by atoms with van der Waals surface area (Å²) in [4.78, 5) is 7.17. The van der Waals surface area contributed by atoms with Gasteiger partial charge in [0.05, 0.1) is 6.54 Å². The lowest BCUT2D eigenvalue weighted by Gasteiger charge is -2.21. The molecule has 1 rings (SSSR count). The van der Waals surface area contributed by atoms with Gasteiger partial charge in [0.1, 0.15) is 11.5 Å². The number of guanidine groups is 1. The Labute approximate surface area is 171 Å². The number of nitrogens with zero attached hydrogens (tertiary/aromatic N) is 2. The minimum Gasteiger partial charge on any atom is -0.466 e.